The fourth-order valence-electron chi connectivity index (χ4n) is 3.85. The zero-order valence-electron chi connectivity index (χ0n) is 14.6. The predicted octanol–water partition coefficient (Wildman–Crippen LogP) is 3.20. The van der Waals surface area contributed by atoms with Crippen LogP contribution in [0, 0.1) is 5.92 Å². The van der Waals surface area contributed by atoms with E-state index >= 15 is 0 Å². The number of carbonyl (C=O) groups is 1. The molecule has 2 aliphatic rings. The number of hydrogen-bond acceptors (Lipinski definition) is 5. The molecule has 1 amide bonds. The fraction of sp³-hybridized carbons (Fsp3) is 0.579. The molecule has 2 aromatic heterocycles. The molecule has 132 valence electrons. The van der Waals surface area contributed by atoms with Crippen molar-refractivity contribution < 1.29 is 9.32 Å². The highest BCUT2D eigenvalue weighted by Crippen LogP contribution is 2.46. The van der Waals surface area contributed by atoms with E-state index in [4.69, 9.17) is 9.51 Å². The maximum absolute atomic E-state index is 12.0. The molecule has 6 heteroatoms. The number of carbonyl (C=O) groups excluding carboxylic acids is 1. The minimum atomic E-state index is -0.0551. The highest BCUT2D eigenvalue weighted by atomic mass is 16.5. The molecule has 2 aromatic rings. The van der Waals surface area contributed by atoms with E-state index in [-0.39, 0.29) is 11.3 Å². The summed E-state index contributed by atoms with van der Waals surface area (Å²) in [5.41, 5.74) is 0.842. The fourth-order valence-corrected chi connectivity index (χ4v) is 3.85. The largest absolute Gasteiger partial charge is 0.343 e. The lowest BCUT2D eigenvalue weighted by Gasteiger charge is -2.40. The van der Waals surface area contributed by atoms with Crippen molar-refractivity contribution in [2.75, 3.05) is 13.1 Å². The minimum absolute atomic E-state index is 0.0551. The van der Waals surface area contributed by atoms with Crippen LogP contribution in [0.3, 0.4) is 0 Å². The molecule has 4 rings (SSSR count). The zero-order valence-corrected chi connectivity index (χ0v) is 14.6. The second kappa shape index (κ2) is 6.58. The smallest absolute Gasteiger partial charge is 0.258 e. The van der Waals surface area contributed by atoms with E-state index in [2.05, 4.69) is 10.1 Å². The first-order chi connectivity index (χ1) is 12.2. The Kier molecular flexibility index (Phi) is 4.27. The molecule has 1 saturated heterocycles. The second-order valence-corrected chi connectivity index (χ2v) is 7.32. The van der Waals surface area contributed by atoms with Gasteiger partial charge in [0.25, 0.3) is 5.89 Å². The summed E-state index contributed by atoms with van der Waals surface area (Å²) in [6, 6.07) is 3.76. The Hall–Kier alpha value is -2.24. The third-order valence-corrected chi connectivity index (χ3v) is 5.58. The molecule has 6 nitrogen and oxygen atoms in total. The predicted molar refractivity (Wildman–Crippen MR) is 92.7 cm³/mol. The van der Waals surface area contributed by atoms with E-state index < -0.39 is 0 Å². The summed E-state index contributed by atoms with van der Waals surface area (Å²) in [7, 11) is 0. The number of likely N-dealkylation sites (tertiary alicyclic amines) is 1. The highest BCUT2D eigenvalue weighted by Gasteiger charge is 2.44. The second-order valence-electron chi connectivity index (χ2n) is 7.32. The first kappa shape index (κ1) is 16.2. The van der Waals surface area contributed by atoms with Gasteiger partial charge in [-0.2, -0.15) is 4.98 Å². The highest BCUT2D eigenvalue weighted by molar-refractivity contribution is 5.75. The van der Waals surface area contributed by atoms with Crippen LogP contribution in [-0.4, -0.2) is 39.0 Å². The van der Waals surface area contributed by atoms with Crippen LogP contribution in [0.25, 0.3) is 11.5 Å². The van der Waals surface area contributed by atoms with Crippen LogP contribution in [0.5, 0.6) is 0 Å². The van der Waals surface area contributed by atoms with Crippen LogP contribution in [0.15, 0.2) is 29.0 Å². The Morgan fingerprint density at radius 3 is 2.64 bits per heavy atom. The molecule has 1 aliphatic heterocycles. The molecule has 25 heavy (non-hydrogen) atoms. The van der Waals surface area contributed by atoms with E-state index in [0.717, 1.165) is 49.7 Å². The zero-order chi connectivity index (χ0) is 17.3. The van der Waals surface area contributed by atoms with E-state index in [9.17, 15) is 4.79 Å². The van der Waals surface area contributed by atoms with Crippen molar-refractivity contribution in [2.24, 2.45) is 5.92 Å². The molecule has 1 aliphatic carbocycles. The van der Waals surface area contributed by atoms with Gasteiger partial charge in [-0.25, -0.2) is 0 Å². The normalized spacial score (nSPS) is 19.8. The number of nitrogens with zero attached hydrogens (tertiary/aromatic N) is 4. The minimum Gasteiger partial charge on any atom is -0.343 e. The molecule has 0 radical (unpaired) electrons. The van der Waals surface area contributed by atoms with Gasteiger partial charge < -0.3 is 9.42 Å². The molecule has 0 N–H and O–H groups in total. The van der Waals surface area contributed by atoms with Gasteiger partial charge in [0.05, 0.1) is 0 Å². The van der Waals surface area contributed by atoms with Gasteiger partial charge >= 0.3 is 0 Å². The van der Waals surface area contributed by atoms with Crippen LogP contribution in [0.4, 0.5) is 0 Å². The number of pyridine rings is 1. The quantitative estimate of drug-likeness (QED) is 0.836. The van der Waals surface area contributed by atoms with Gasteiger partial charge in [0.15, 0.2) is 5.82 Å². The average Bonchev–Trinajstić information content (AvgIpc) is 3.33. The third-order valence-electron chi connectivity index (χ3n) is 5.58. The van der Waals surface area contributed by atoms with Gasteiger partial charge in [-0.3, -0.25) is 9.78 Å². The number of amides is 1. The summed E-state index contributed by atoms with van der Waals surface area (Å²) >= 11 is 0. The summed E-state index contributed by atoms with van der Waals surface area (Å²) < 4.78 is 5.56. The van der Waals surface area contributed by atoms with Crippen molar-refractivity contribution in [1.29, 1.82) is 0 Å². The van der Waals surface area contributed by atoms with Gasteiger partial charge in [-0.05, 0) is 37.3 Å². The number of aromatic nitrogens is 3. The lowest BCUT2D eigenvalue weighted by Crippen LogP contribution is -2.45. The van der Waals surface area contributed by atoms with Crippen molar-refractivity contribution in [1.82, 2.24) is 20.0 Å². The van der Waals surface area contributed by atoms with Crippen LogP contribution in [0.2, 0.25) is 0 Å². The summed E-state index contributed by atoms with van der Waals surface area (Å²) in [4.78, 5) is 22.8. The molecule has 0 bridgehead atoms. The van der Waals surface area contributed by atoms with Crippen molar-refractivity contribution in [3.63, 3.8) is 0 Å². The molecule has 0 atom stereocenters. The summed E-state index contributed by atoms with van der Waals surface area (Å²) in [5.74, 6) is 2.39. The molecule has 0 spiro atoms. The van der Waals surface area contributed by atoms with Gasteiger partial charge in [0.2, 0.25) is 5.91 Å². The van der Waals surface area contributed by atoms with E-state index in [1.165, 1.54) is 12.8 Å². The van der Waals surface area contributed by atoms with Crippen LogP contribution in [0.1, 0.15) is 51.3 Å². The molecule has 0 aromatic carbocycles. The van der Waals surface area contributed by atoms with Gasteiger partial charge in [-0.1, -0.05) is 24.9 Å². The summed E-state index contributed by atoms with van der Waals surface area (Å²) in [5, 5.41) is 4.35. The van der Waals surface area contributed by atoms with Gasteiger partial charge in [0.1, 0.15) is 0 Å². The maximum Gasteiger partial charge on any atom is 0.258 e. The molecule has 1 saturated carbocycles. The van der Waals surface area contributed by atoms with Gasteiger partial charge in [-0.15, -0.1) is 0 Å². The lowest BCUT2D eigenvalue weighted by molar-refractivity contribution is -0.132. The first-order valence-corrected chi connectivity index (χ1v) is 9.22. The Balaban J connectivity index is 1.58. The molecule has 2 fully saturated rings. The Bertz CT molecular complexity index is 731. The average molecular weight is 340 g/mol. The van der Waals surface area contributed by atoms with Gasteiger partial charge in [0, 0.05) is 42.9 Å². The topological polar surface area (TPSA) is 72.1 Å². The van der Waals surface area contributed by atoms with Crippen LogP contribution >= 0.6 is 0 Å². The Morgan fingerprint density at radius 1 is 1.28 bits per heavy atom. The van der Waals surface area contributed by atoms with Crippen molar-refractivity contribution >= 4 is 5.91 Å². The van der Waals surface area contributed by atoms with Crippen molar-refractivity contribution in [3.05, 3.63) is 30.4 Å². The molecule has 3 heterocycles. The Morgan fingerprint density at radius 2 is 2.00 bits per heavy atom. The molecular formula is C19H24N4O2. The third kappa shape index (κ3) is 3.30. The Labute approximate surface area is 147 Å². The summed E-state index contributed by atoms with van der Waals surface area (Å²) in [6.45, 7) is 3.51. The number of hydrogen-bond donors (Lipinski definition) is 0. The first-order valence-electron chi connectivity index (χ1n) is 9.22. The van der Waals surface area contributed by atoms with Crippen molar-refractivity contribution in [2.45, 2.75) is 50.9 Å². The SMILES string of the molecule is CCC(=O)N1CCC(CC2CC2)(c2noc(-c3ccncc3)n2)CC1. The van der Waals surface area contributed by atoms with Crippen LogP contribution < -0.4 is 0 Å². The monoisotopic (exact) mass is 340 g/mol. The maximum atomic E-state index is 12.0. The van der Waals surface area contributed by atoms with Crippen molar-refractivity contribution in [3.8, 4) is 11.5 Å². The standard InChI is InChI=1S/C19H24N4O2/c1-2-16(24)23-11-7-19(8-12-23,13-14-3-4-14)18-21-17(25-22-18)15-5-9-20-10-6-15/h5-6,9-10,14H,2-4,7-8,11-13H2,1H3. The number of rotatable bonds is 5. The lowest BCUT2D eigenvalue weighted by atomic mass is 9.73. The van der Waals surface area contributed by atoms with Crippen LogP contribution in [-0.2, 0) is 10.2 Å². The van der Waals surface area contributed by atoms with E-state index in [1.54, 1.807) is 12.4 Å². The van der Waals surface area contributed by atoms with E-state index in [1.807, 2.05) is 24.0 Å². The molecular weight excluding hydrogens is 316 g/mol. The molecule has 0 unspecified atom stereocenters. The summed E-state index contributed by atoms with van der Waals surface area (Å²) in [6.07, 6.45) is 9.58. The van der Waals surface area contributed by atoms with E-state index in [0.29, 0.717) is 12.3 Å². The number of piperidine rings is 1.